The van der Waals surface area contributed by atoms with Crippen LogP contribution in [0.2, 0.25) is 0 Å². The van der Waals surface area contributed by atoms with Crippen LogP contribution in [0.25, 0.3) is 11.0 Å². The molecule has 3 aromatic rings. The van der Waals surface area contributed by atoms with Gasteiger partial charge in [-0.3, -0.25) is 9.59 Å². The van der Waals surface area contributed by atoms with Gasteiger partial charge in [0.1, 0.15) is 23.3 Å². The highest BCUT2D eigenvalue weighted by Crippen LogP contribution is 2.23. The first-order chi connectivity index (χ1) is 15.2. The van der Waals surface area contributed by atoms with Gasteiger partial charge in [0.25, 0.3) is 5.91 Å². The van der Waals surface area contributed by atoms with Crippen molar-refractivity contribution in [2.45, 2.75) is 25.3 Å². The number of nitrogen functional groups attached to an aromatic ring is 2. The number of hydrogen-bond acceptors (Lipinski definition) is 8. The summed E-state index contributed by atoms with van der Waals surface area (Å²) in [6.45, 7) is 0.318. The van der Waals surface area contributed by atoms with E-state index in [1.54, 1.807) is 18.3 Å². The Morgan fingerprint density at radius 2 is 1.84 bits per heavy atom. The van der Waals surface area contributed by atoms with Crippen LogP contribution in [-0.4, -0.2) is 55.7 Å². The molecule has 0 bridgehead atoms. The number of anilines is 2. The molecule has 0 radical (unpaired) electrons. The zero-order valence-electron chi connectivity index (χ0n) is 16.9. The van der Waals surface area contributed by atoms with Crippen molar-refractivity contribution >= 4 is 40.6 Å². The Labute approximate surface area is 181 Å². The Bertz CT molecular complexity index is 1140. The van der Waals surface area contributed by atoms with Gasteiger partial charge in [0.05, 0.1) is 12.0 Å². The number of fused-ring (bicyclic) bond motifs is 1. The standard InChI is InChI=1S/C20H22N6O6/c21-16-15-11(9-23-17(15)26-20(22)25-16)7-8-32-12-3-1-10(2-4-12)18(29)24-13(19(30)31)5-6-14(27)28/h1-4,9,13H,5-8H2,(H,24,29)(H,27,28)(H,30,31)(H5,21,22,23,25,26)/t13-/m0/s1. The second-order valence-electron chi connectivity index (χ2n) is 6.92. The number of aromatic amines is 1. The third-order valence-electron chi connectivity index (χ3n) is 4.67. The normalized spacial score (nSPS) is 11.8. The van der Waals surface area contributed by atoms with Crippen LogP contribution in [0.5, 0.6) is 5.75 Å². The summed E-state index contributed by atoms with van der Waals surface area (Å²) in [5.74, 6) is -2.19. The Hall–Kier alpha value is -4.35. The maximum absolute atomic E-state index is 12.3. The van der Waals surface area contributed by atoms with E-state index in [1.807, 2.05) is 0 Å². The van der Waals surface area contributed by atoms with Crippen molar-refractivity contribution in [1.29, 1.82) is 0 Å². The average Bonchev–Trinajstić information content (AvgIpc) is 3.14. The SMILES string of the molecule is Nc1nc(N)c2c(CCOc3ccc(C(=O)N[C@@H](CCC(=O)O)C(=O)O)cc3)c[nH]c2n1. The topological polar surface area (TPSA) is 207 Å². The molecule has 0 unspecified atom stereocenters. The maximum atomic E-state index is 12.3. The summed E-state index contributed by atoms with van der Waals surface area (Å²) in [7, 11) is 0. The number of amides is 1. The first kappa shape index (κ1) is 22.3. The molecule has 32 heavy (non-hydrogen) atoms. The first-order valence-electron chi connectivity index (χ1n) is 9.62. The second kappa shape index (κ2) is 9.64. The summed E-state index contributed by atoms with van der Waals surface area (Å²) in [6.07, 6.45) is 1.69. The maximum Gasteiger partial charge on any atom is 0.326 e. The molecule has 2 aromatic heterocycles. The molecule has 0 spiro atoms. The molecular weight excluding hydrogens is 420 g/mol. The monoisotopic (exact) mass is 442 g/mol. The quantitative estimate of drug-likeness (QED) is 0.260. The predicted molar refractivity (Wildman–Crippen MR) is 114 cm³/mol. The predicted octanol–water partition coefficient (Wildman–Crippen LogP) is 0.792. The number of ether oxygens (including phenoxy) is 1. The van der Waals surface area contributed by atoms with E-state index in [2.05, 4.69) is 20.3 Å². The number of hydrogen-bond donors (Lipinski definition) is 6. The number of carbonyl (C=O) groups excluding carboxylic acids is 1. The average molecular weight is 442 g/mol. The van der Waals surface area contributed by atoms with Gasteiger partial charge in [0.2, 0.25) is 5.95 Å². The zero-order chi connectivity index (χ0) is 23.3. The van der Waals surface area contributed by atoms with E-state index < -0.39 is 23.9 Å². The van der Waals surface area contributed by atoms with E-state index in [0.717, 1.165) is 5.56 Å². The van der Waals surface area contributed by atoms with Gasteiger partial charge in [0.15, 0.2) is 0 Å². The summed E-state index contributed by atoms with van der Waals surface area (Å²) >= 11 is 0. The van der Waals surface area contributed by atoms with Crippen LogP contribution in [0, 0.1) is 0 Å². The summed E-state index contributed by atoms with van der Waals surface area (Å²) in [5.41, 5.74) is 13.1. The molecule has 1 amide bonds. The number of rotatable bonds is 10. The minimum absolute atomic E-state index is 0.0836. The van der Waals surface area contributed by atoms with Crippen LogP contribution in [-0.2, 0) is 16.0 Å². The van der Waals surface area contributed by atoms with E-state index in [4.69, 9.17) is 26.4 Å². The lowest BCUT2D eigenvalue weighted by molar-refractivity contribution is -0.140. The lowest BCUT2D eigenvalue weighted by atomic mass is 10.1. The smallest absolute Gasteiger partial charge is 0.326 e. The molecule has 2 heterocycles. The highest BCUT2D eigenvalue weighted by Gasteiger charge is 2.21. The van der Waals surface area contributed by atoms with E-state index in [0.29, 0.717) is 29.8 Å². The molecule has 168 valence electrons. The number of carbonyl (C=O) groups is 3. The van der Waals surface area contributed by atoms with Crippen LogP contribution < -0.4 is 21.5 Å². The van der Waals surface area contributed by atoms with E-state index in [9.17, 15) is 14.4 Å². The van der Waals surface area contributed by atoms with Crippen molar-refractivity contribution in [3.05, 3.63) is 41.6 Å². The molecule has 1 aromatic carbocycles. The Morgan fingerprint density at radius 1 is 1.12 bits per heavy atom. The molecule has 0 saturated heterocycles. The number of carboxylic acid groups (broad SMARTS) is 2. The third-order valence-corrected chi connectivity index (χ3v) is 4.67. The van der Waals surface area contributed by atoms with Gasteiger partial charge >= 0.3 is 11.9 Å². The lowest BCUT2D eigenvalue weighted by Crippen LogP contribution is -2.41. The van der Waals surface area contributed by atoms with E-state index in [1.165, 1.54) is 12.1 Å². The summed E-state index contributed by atoms with van der Waals surface area (Å²) in [4.78, 5) is 45.2. The number of nitrogens with one attached hydrogen (secondary N) is 2. The fourth-order valence-corrected chi connectivity index (χ4v) is 3.09. The fourth-order valence-electron chi connectivity index (χ4n) is 3.09. The lowest BCUT2D eigenvalue weighted by Gasteiger charge is -2.14. The molecular formula is C20H22N6O6. The van der Waals surface area contributed by atoms with Crippen molar-refractivity contribution in [2.75, 3.05) is 18.1 Å². The minimum Gasteiger partial charge on any atom is -0.493 e. The molecule has 3 rings (SSSR count). The minimum atomic E-state index is -1.30. The first-order valence-corrected chi connectivity index (χ1v) is 9.62. The number of H-pyrrole nitrogens is 1. The molecule has 0 fully saturated rings. The number of aliphatic carboxylic acids is 2. The van der Waals surface area contributed by atoms with Crippen molar-refractivity contribution in [3.63, 3.8) is 0 Å². The Kier molecular flexibility index (Phi) is 6.73. The summed E-state index contributed by atoms with van der Waals surface area (Å²) in [5, 5.41) is 20.8. The second-order valence-corrected chi connectivity index (χ2v) is 6.92. The molecule has 0 aliphatic rings. The van der Waals surface area contributed by atoms with Gasteiger partial charge in [0, 0.05) is 24.6 Å². The van der Waals surface area contributed by atoms with Crippen LogP contribution in [0.4, 0.5) is 11.8 Å². The van der Waals surface area contributed by atoms with Gasteiger partial charge in [-0.05, 0) is 36.2 Å². The van der Waals surface area contributed by atoms with Gasteiger partial charge in [-0.1, -0.05) is 0 Å². The van der Waals surface area contributed by atoms with Gasteiger partial charge in [-0.25, -0.2) is 4.79 Å². The molecule has 8 N–H and O–H groups in total. The van der Waals surface area contributed by atoms with Crippen molar-refractivity contribution in [2.24, 2.45) is 0 Å². The van der Waals surface area contributed by atoms with Crippen LogP contribution >= 0.6 is 0 Å². The zero-order valence-corrected chi connectivity index (χ0v) is 16.9. The number of benzene rings is 1. The highest BCUT2D eigenvalue weighted by atomic mass is 16.5. The number of nitrogens with two attached hydrogens (primary N) is 2. The molecule has 0 aliphatic carbocycles. The Morgan fingerprint density at radius 3 is 2.50 bits per heavy atom. The van der Waals surface area contributed by atoms with Crippen molar-refractivity contribution in [1.82, 2.24) is 20.3 Å². The Balaban J connectivity index is 1.56. The van der Waals surface area contributed by atoms with Gasteiger partial charge < -0.3 is 36.7 Å². The fraction of sp³-hybridized carbons (Fsp3) is 0.250. The number of nitrogens with zero attached hydrogens (tertiary/aromatic N) is 2. The third kappa shape index (κ3) is 5.41. The molecule has 1 atom stereocenters. The van der Waals surface area contributed by atoms with Crippen LogP contribution in [0.1, 0.15) is 28.8 Å². The summed E-state index contributed by atoms with van der Waals surface area (Å²) < 4.78 is 5.70. The molecule has 0 aliphatic heterocycles. The number of carboxylic acids is 2. The summed E-state index contributed by atoms with van der Waals surface area (Å²) in [6, 6.07) is 4.84. The van der Waals surface area contributed by atoms with E-state index in [-0.39, 0.29) is 30.2 Å². The molecule has 0 saturated carbocycles. The molecule has 12 heteroatoms. The molecule has 12 nitrogen and oxygen atoms in total. The van der Waals surface area contributed by atoms with Crippen LogP contribution in [0.3, 0.4) is 0 Å². The number of aromatic nitrogens is 3. The van der Waals surface area contributed by atoms with Crippen LogP contribution in [0.15, 0.2) is 30.5 Å². The van der Waals surface area contributed by atoms with Crippen molar-refractivity contribution in [3.8, 4) is 5.75 Å². The largest absolute Gasteiger partial charge is 0.493 e. The van der Waals surface area contributed by atoms with Gasteiger partial charge in [-0.2, -0.15) is 9.97 Å². The van der Waals surface area contributed by atoms with Gasteiger partial charge in [-0.15, -0.1) is 0 Å². The van der Waals surface area contributed by atoms with E-state index >= 15 is 0 Å². The van der Waals surface area contributed by atoms with Crippen molar-refractivity contribution < 1.29 is 29.3 Å². The highest BCUT2D eigenvalue weighted by molar-refractivity contribution is 5.96.